The molecule has 0 radical (unpaired) electrons. The Morgan fingerprint density at radius 2 is 1.88 bits per heavy atom. The third kappa shape index (κ3) is 3.22. The van der Waals surface area contributed by atoms with Crippen molar-refractivity contribution < 1.29 is 14.6 Å². The summed E-state index contributed by atoms with van der Waals surface area (Å²) in [4.78, 5) is 0. The second-order valence-corrected chi connectivity index (χ2v) is 4.05. The van der Waals surface area contributed by atoms with Gasteiger partial charge in [0.1, 0.15) is 11.9 Å². The minimum Gasteiger partial charge on any atom is -0.490 e. The summed E-state index contributed by atoms with van der Waals surface area (Å²) < 4.78 is 11.1. The smallest absolute Gasteiger partial charge is 0.119 e. The Morgan fingerprint density at radius 1 is 1.19 bits per heavy atom. The van der Waals surface area contributed by atoms with Gasteiger partial charge in [0.15, 0.2) is 0 Å². The fraction of sp³-hybridized carbons (Fsp3) is 0.538. The summed E-state index contributed by atoms with van der Waals surface area (Å²) in [5.41, 5.74) is 1.14. The van der Waals surface area contributed by atoms with Gasteiger partial charge in [0, 0.05) is 19.4 Å². The zero-order chi connectivity index (χ0) is 11.2. The second kappa shape index (κ2) is 5.87. The van der Waals surface area contributed by atoms with E-state index in [2.05, 4.69) is 0 Å². The molecule has 16 heavy (non-hydrogen) atoms. The topological polar surface area (TPSA) is 38.7 Å². The molecule has 1 fully saturated rings. The van der Waals surface area contributed by atoms with Crippen molar-refractivity contribution in [3.05, 3.63) is 29.8 Å². The molecule has 0 amide bonds. The molecule has 0 bridgehead atoms. The van der Waals surface area contributed by atoms with Crippen molar-refractivity contribution in [3.8, 4) is 5.75 Å². The van der Waals surface area contributed by atoms with E-state index in [1.807, 2.05) is 24.3 Å². The lowest BCUT2D eigenvalue weighted by atomic mass is 10.1. The highest BCUT2D eigenvalue weighted by molar-refractivity contribution is 5.27. The third-order valence-electron chi connectivity index (χ3n) is 2.79. The molecule has 1 saturated heterocycles. The van der Waals surface area contributed by atoms with Crippen molar-refractivity contribution >= 4 is 0 Å². The van der Waals surface area contributed by atoms with Gasteiger partial charge in [-0.15, -0.1) is 0 Å². The summed E-state index contributed by atoms with van der Waals surface area (Å²) in [6.07, 6.45) is 2.94. The van der Waals surface area contributed by atoms with Gasteiger partial charge in [-0.1, -0.05) is 12.1 Å². The summed E-state index contributed by atoms with van der Waals surface area (Å²) in [6.45, 7) is 1.79. The van der Waals surface area contributed by atoms with Crippen LogP contribution in [0.3, 0.4) is 0 Å². The lowest BCUT2D eigenvalue weighted by molar-refractivity contribution is 0.0255. The average molecular weight is 222 g/mol. The van der Waals surface area contributed by atoms with Crippen LogP contribution >= 0.6 is 0 Å². The Morgan fingerprint density at radius 3 is 2.50 bits per heavy atom. The molecule has 1 aromatic carbocycles. The monoisotopic (exact) mass is 222 g/mol. The van der Waals surface area contributed by atoms with Crippen molar-refractivity contribution in [2.75, 3.05) is 19.8 Å². The maximum atomic E-state index is 8.80. The SMILES string of the molecule is OCCc1ccc(OC2CCOCC2)cc1. The van der Waals surface area contributed by atoms with Gasteiger partial charge in [0.25, 0.3) is 0 Å². The summed E-state index contributed by atoms with van der Waals surface area (Å²) in [6, 6.07) is 7.96. The molecular formula is C13H18O3. The van der Waals surface area contributed by atoms with Crippen LogP contribution in [0.4, 0.5) is 0 Å². The summed E-state index contributed by atoms with van der Waals surface area (Å²) in [5.74, 6) is 0.911. The van der Waals surface area contributed by atoms with Gasteiger partial charge < -0.3 is 14.6 Å². The van der Waals surface area contributed by atoms with E-state index in [9.17, 15) is 0 Å². The second-order valence-electron chi connectivity index (χ2n) is 4.05. The van der Waals surface area contributed by atoms with Crippen molar-refractivity contribution in [2.24, 2.45) is 0 Å². The van der Waals surface area contributed by atoms with Crippen LogP contribution < -0.4 is 4.74 Å². The number of aliphatic hydroxyl groups is 1. The molecule has 1 aromatic rings. The van der Waals surface area contributed by atoms with Crippen LogP contribution in [0, 0.1) is 0 Å². The minimum atomic E-state index is 0.195. The maximum Gasteiger partial charge on any atom is 0.119 e. The van der Waals surface area contributed by atoms with Crippen LogP contribution in [0.15, 0.2) is 24.3 Å². The highest BCUT2D eigenvalue weighted by Crippen LogP contribution is 2.18. The Bertz CT molecular complexity index is 301. The van der Waals surface area contributed by atoms with Gasteiger partial charge in [-0.05, 0) is 24.1 Å². The van der Waals surface area contributed by atoms with Crippen molar-refractivity contribution in [2.45, 2.75) is 25.4 Å². The Balaban J connectivity index is 1.88. The van der Waals surface area contributed by atoms with Crippen molar-refractivity contribution in [3.63, 3.8) is 0 Å². The van der Waals surface area contributed by atoms with Crippen molar-refractivity contribution in [1.82, 2.24) is 0 Å². The number of ether oxygens (including phenoxy) is 2. The van der Waals surface area contributed by atoms with Gasteiger partial charge in [-0.3, -0.25) is 0 Å². The first kappa shape index (κ1) is 11.4. The van der Waals surface area contributed by atoms with Crippen molar-refractivity contribution in [1.29, 1.82) is 0 Å². The Hall–Kier alpha value is -1.06. The predicted octanol–water partition coefficient (Wildman–Crippen LogP) is 1.78. The maximum absolute atomic E-state index is 8.80. The van der Waals surface area contributed by atoms with Gasteiger partial charge >= 0.3 is 0 Å². The summed E-state index contributed by atoms with van der Waals surface area (Å²) in [5, 5.41) is 8.80. The quantitative estimate of drug-likeness (QED) is 0.844. The molecule has 3 heteroatoms. The van der Waals surface area contributed by atoms with E-state index in [0.717, 1.165) is 37.4 Å². The summed E-state index contributed by atoms with van der Waals surface area (Å²) in [7, 11) is 0. The Labute approximate surface area is 96.0 Å². The van der Waals surface area contributed by atoms with E-state index >= 15 is 0 Å². The van der Waals surface area contributed by atoms with Crippen LogP contribution in [-0.4, -0.2) is 31.0 Å². The summed E-state index contributed by atoms with van der Waals surface area (Å²) >= 11 is 0. The molecule has 3 nitrogen and oxygen atoms in total. The number of hydrogen-bond acceptors (Lipinski definition) is 3. The van der Waals surface area contributed by atoms with E-state index in [-0.39, 0.29) is 12.7 Å². The zero-order valence-corrected chi connectivity index (χ0v) is 9.39. The highest BCUT2D eigenvalue weighted by atomic mass is 16.5. The molecule has 88 valence electrons. The van der Waals surface area contributed by atoms with E-state index in [4.69, 9.17) is 14.6 Å². The normalized spacial score (nSPS) is 17.3. The van der Waals surface area contributed by atoms with E-state index < -0.39 is 0 Å². The molecule has 2 rings (SSSR count). The number of benzene rings is 1. The molecule has 1 aliphatic rings. The zero-order valence-electron chi connectivity index (χ0n) is 9.39. The molecule has 0 unspecified atom stereocenters. The van der Waals surface area contributed by atoms with Gasteiger partial charge in [-0.2, -0.15) is 0 Å². The van der Waals surface area contributed by atoms with Gasteiger partial charge in [-0.25, -0.2) is 0 Å². The molecule has 0 saturated carbocycles. The molecule has 0 aromatic heterocycles. The number of aliphatic hydroxyl groups excluding tert-OH is 1. The first-order valence-electron chi connectivity index (χ1n) is 5.82. The lowest BCUT2D eigenvalue weighted by Crippen LogP contribution is -2.25. The molecule has 1 N–H and O–H groups in total. The van der Waals surface area contributed by atoms with Gasteiger partial charge in [0.2, 0.25) is 0 Å². The van der Waals surface area contributed by atoms with Crippen LogP contribution in [0.1, 0.15) is 18.4 Å². The van der Waals surface area contributed by atoms with Crippen LogP contribution in [-0.2, 0) is 11.2 Å². The Kier molecular flexibility index (Phi) is 4.19. The van der Waals surface area contributed by atoms with Crippen LogP contribution in [0.2, 0.25) is 0 Å². The molecule has 0 aliphatic carbocycles. The fourth-order valence-corrected chi connectivity index (χ4v) is 1.85. The molecule has 0 atom stereocenters. The number of hydrogen-bond donors (Lipinski definition) is 1. The van der Waals surface area contributed by atoms with Crippen LogP contribution in [0.25, 0.3) is 0 Å². The largest absolute Gasteiger partial charge is 0.490 e. The average Bonchev–Trinajstić information content (AvgIpc) is 2.33. The molecule has 1 heterocycles. The minimum absolute atomic E-state index is 0.195. The predicted molar refractivity (Wildman–Crippen MR) is 61.7 cm³/mol. The van der Waals surface area contributed by atoms with E-state index in [1.165, 1.54) is 0 Å². The van der Waals surface area contributed by atoms with Crippen LogP contribution in [0.5, 0.6) is 5.75 Å². The van der Waals surface area contributed by atoms with E-state index in [1.54, 1.807) is 0 Å². The molecule has 0 spiro atoms. The molecular weight excluding hydrogens is 204 g/mol. The standard InChI is InChI=1S/C13H18O3/c14-8-5-11-1-3-12(4-2-11)16-13-6-9-15-10-7-13/h1-4,13-14H,5-10H2. The number of rotatable bonds is 4. The third-order valence-corrected chi connectivity index (χ3v) is 2.79. The fourth-order valence-electron chi connectivity index (χ4n) is 1.85. The lowest BCUT2D eigenvalue weighted by Gasteiger charge is -2.23. The van der Waals surface area contributed by atoms with E-state index in [0.29, 0.717) is 6.42 Å². The first-order chi connectivity index (χ1) is 7.88. The molecule has 1 aliphatic heterocycles. The van der Waals surface area contributed by atoms with Gasteiger partial charge in [0.05, 0.1) is 13.2 Å². The highest BCUT2D eigenvalue weighted by Gasteiger charge is 2.14. The first-order valence-corrected chi connectivity index (χ1v) is 5.82.